The molecule has 2 heterocycles. The standard InChI is InChI=1S/C10H17N3S3/c1-2-3-9-12-10(16-13-9)11-6-8-7-14-4-5-15-8/h8H,2-7H2,1H3,(H,11,12,13). The minimum Gasteiger partial charge on any atom is -0.359 e. The van der Waals surface area contributed by atoms with Crippen LogP contribution in [0.2, 0.25) is 0 Å². The smallest absolute Gasteiger partial charge is 0.202 e. The van der Waals surface area contributed by atoms with E-state index < -0.39 is 0 Å². The van der Waals surface area contributed by atoms with Crippen LogP contribution in [0, 0.1) is 0 Å². The number of aromatic nitrogens is 2. The molecule has 0 aliphatic carbocycles. The highest BCUT2D eigenvalue weighted by Gasteiger charge is 2.14. The van der Waals surface area contributed by atoms with E-state index in [0.717, 1.165) is 35.6 Å². The van der Waals surface area contributed by atoms with Gasteiger partial charge < -0.3 is 5.32 Å². The van der Waals surface area contributed by atoms with Crippen LogP contribution < -0.4 is 5.32 Å². The Balaban J connectivity index is 1.75. The Morgan fingerprint density at radius 2 is 2.38 bits per heavy atom. The first-order chi connectivity index (χ1) is 7.88. The SMILES string of the molecule is CCCc1nsc(NCC2CSCCS2)n1. The molecule has 3 nitrogen and oxygen atoms in total. The van der Waals surface area contributed by atoms with Crippen molar-refractivity contribution in [2.24, 2.45) is 0 Å². The lowest BCUT2D eigenvalue weighted by atomic mass is 10.3. The Hall–Kier alpha value is 0.0600. The molecule has 0 saturated carbocycles. The molecule has 90 valence electrons. The van der Waals surface area contributed by atoms with Crippen LogP contribution in [0.1, 0.15) is 19.2 Å². The normalized spacial score (nSPS) is 20.9. The number of hydrogen-bond acceptors (Lipinski definition) is 6. The second-order valence-electron chi connectivity index (χ2n) is 3.71. The van der Waals surface area contributed by atoms with Gasteiger partial charge in [-0.15, -0.1) is 0 Å². The van der Waals surface area contributed by atoms with E-state index in [1.807, 2.05) is 0 Å². The van der Waals surface area contributed by atoms with Crippen molar-refractivity contribution in [3.05, 3.63) is 5.82 Å². The van der Waals surface area contributed by atoms with Crippen LogP contribution in [0.25, 0.3) is 0 Å². The van der Waals surface area contributed by atoms with Crippen LogP contribution in [0.15, 0.2) is 0 Å². The fourth-order valence-electron chi connectivity index (χ4n) is 1.51. The number of hydrogen-bond donors (Lipinski definition) is 1. The summed E-state index contributed by atoms with van der Waals surface area (Å²) in [5.41, 5.74) is 0. The molecule has 0 amide bonds. The van der Waals surface area contributed by atoms with E-state index in [1.54, 1.807) is 0 Å². The monoisotopic (exact) mass is 275 g/mol. The van der Waals surface area contributed by atoms with Gasteiger partial charge in [-0.1, -0.05) is 6.92 Å². The summed E-state index contributed by atoms with van der Waals surface area (Å²) in [6, 6.07) is 0. The first-order valence-corrected chi connectivity index (χ1v) is 8.62. The molecule has 0 spiro atoms. The largest absolute Gasteiger partial charge is 0.359 e. The summed E-state index contributed by atoms with van der Waals surface area (Å²) in [4.78, 5) is 4.46. The minimum atomic E-state index is 0.734. The Kier molecular flexibility index (Phi) is 5.25. The van der Waals surface area contributed by atoms with Gasteiger partial charge in [0, 0.05) is 47.0 Å². The molecule has 1 unspecified atom stereocenters. The topological polar surface area (TPSA) is 37.8 Å². The van der Waals surface area contributed by atoms with Crippen LogP contribution in [-0.4, -0.2) is 38.4 Å². The van der Waals surface area contributed by atoms with E-state index in [1.165, 1.54) is 28.8 Å². The van der Waals surface area contributed by atoms with Gasteiger partial charge in [0.15, 0.2) is 0 Å². The van der Waals surface area contributed by atoms with Crippen LogP contribution in [0.3, 0.4) is 0 Å². The van der Waals surface area contributed by atoms with Crippen molar-refractivity contribution in [3.8, 4) is 0 Å². The van der Waals surface area contributed by atoms with Crippen molar-refractivity contribution >= 4 is 40.2 Å². The molecule has 1 aliphatic rings. The average molecular weight is 275 g/mol. The van der Waals surface area contributed by atoms with E-state index in [2.05, 4.69) is 45.1 Å². The maximum absolute atomic E-state index is 4.46. The van der Waals surface area contributed by atoms with Crippen LogP contribution >= 0.6 is 35.1 Å². The van der Waals surface area contributed by atoms with Crippen LogP contribution in [-0.2, 0) is 6.42 Å². The van der Waals surface area contributed by atoms with Gasteiger partial charge in [-0.25, -0.2) is 4.98 Å². The van der Waals surface area contributed by atoms with Crippen molar-refractivity contribution in [2.45, 2.75) is 25.0 Å². The molecule has 1 atom stereocenters. The fourth-order valence-corrected chi connectivity index (χ4v) is 4.74. The molecule has 1 saturated heterocycles. The van der Waals surface area contributed by atoms with Gasteiger partial charge in [-0.2, -0.15) is 27.9 Å². The first kappa shape index (κ1) is 12.5. The molecular weight excluding hydrogens is 258 g/mol. The highest BCUT2D eigenvalue weighted by molar-refractivity contribution is 8.06. The predicted molar refractivity (Wildman–Crippen MR) is 76.0 cm³/mol. The van der Waals surface area contributed by atoms with E-state index in [9.17, 15) is 0 Å². The van der Waals surface area contributed by atoms with Crippen molar-refractivity contribution in [1.29, 1.82) is 0 Å². The number of rotatable bonds is 5. The molecule has 1 aromatic rings. The Morgan fingerprint density at radius 1 is 1.44 bits per heavy atom. The second kappa shape index (κ2) is 6.71. The summed E-state index contributed by atoms with van der Waals surface area (Å²) in [6.45, 7) is 3.18. The summed E-state index contributed by atoms with van der Waals surface area (Å²) in [5, 5.41) is 5.12. The molecule has 1 fully saturated rings. The molecule has 0 aromatic carbocycles. The van der Waals surface area contributed by atoms with Gasteiger partial charge in [0.05, 0.1) is 0 Å². The van der Waals surface area contributed by atoms with Gasteiger partial charge in [-0.3, -0.25) is 0 Å². The van der Waals surface area contributed by atoms with Crippen molar-refractivity contribution < 1.29 is 0 Å². The van der Waals surface area contributed by atoms with Gasteiger partial charge in [0.2, 0.25) is 5.13 Å². The third kappa shape index (κ3) is 3.82. The van der Waals surface area contributed by atoms with E-state index in [-0.39, 0.29) is 0 Å². The number of nitrogens with zero attached hydrogens (tertiary/aromatic N) is 2. The molecule has 6 heteroatoms. The first-order valence-electron chi connectivity index (χ1n) is 5.64. The summed E-state index contributed by atoms with van der Waals surface area (Å²) in [6.07, 6.45) is 2.11. The Morgan fingerprint density at radius 3 is 3.12 bits per heavy atom. The number of nitrogens with one attached hydrogen (secondary N) is 1. The number of thioether (sulfide) groups is 2. The van der Waals surface area contributed by atoms with E-state index >= 15 is 0 Å². The van der Waals surface area contributed by atoms with Crippen molar-refractivity contribution in [3.63, 3.8) is 0 Å². The lowest BCUT2D eigenvalue weighted by molar-refractivity contribution is 0.860. The molecular formula is C10H17N3S3. The zero-order valence-corrected chi connectivity index (χ0v) is 11.9. The molecule has 1 N–H and O–H groups in total. The summed E-state index contributed by atoms with van der Waals surface area (Å²) < 4.78 is 4.33. The van der Waals surface area contributed by atoms with Gasteiger partial charge in [-0.05, 0) is 6.42 Å². The highest BCUT2D eigenvalue weighted by Crippen LogP contribution is 2.24. The van der Waals surface area contributed by atoms with E-state index in [4.69, 9.17) is 0 Å². The van der Waals surface area contributed by atoms with Gasteiger partial charge in [0.25, 0.3) is 0 Å². The lowest BCUT2D eigenvalue weighted by Gasteiger charge is -2.20. The average Bonchev–Trinajstić information content (AvgIpc) is 2.76. The minimum absolute atomic E-state index is 0.734. The molecule has 1 aliphatic heterocycles. The molecule has 16 heavy (non-hydrogen) atoms. The Labute approximate surface area is 109 Å². The molecule has 0 radical (unpaired) electrons. The maximum atomic E-state index is 4.46. The third-order valence-electron chi connectivity index (χ3n) is 2.31. The van der Waals surface area contributed by atoms with Gasteiger partial charge in [0.1, 0.15) is 5.82 Å². The molecule has 2 rings (SSSR count). The second-order valence-corrected chi connectivity index (χ2v) is 7.02. The predicted octanol–water partition coefficient (Wildman–Crippen LogP) is 2.75. The van der Waals surface area contributed by atoms with E-state index in [0.29, 0.717) is 0 Å². The fraction of sp³-hybridized carbons (Fsp3) is 0.800. The maximum Gasteiger partial charge on any atom is 0.202 e. The third-order valence-corrected chi connectivity index (χ3v) is 5.86. The number of aryl methyl sites for hydroxylation is 1. The lowest BCUT2D eigenvalue weighted by Crippen LogP contribution is -2.23. The van der Waals surface area contributed by atoms with Crippen molar-refractivity contribution in [2.75, 3.05) is 29.1 Å². The molecule has 1 aromatic heterocycles. The highest BCUT2D eigenvalue weighted by atomic mass is 32.2. The van der Waals surface area contributed by atoms with Crippen molar-refractivity contribution in [1.82, 2.24) is 9.36 Å². The van der Waals surface area contributed by atoms with Crippen LogP contribution in [0.4, 0.5) is 5.13 Å². The van der Waals surface area contributed by atoms with Gasteiger partial charge >= 0.3 is 0 Å². The quantitative estimate of drug-likeness (QED) is 0.894. The van der Waals surface area contributed by atoms with Crippen LogP contribution in [0.5, 0.6) is 0 Å². The summed E-state index contributed by atoms with van der Waals surface area (Å²) in [7, 11) is 0. The zero-order chi connectivity index (χ0) is 11.2. The zero-order valence-electron chi connectivity index (χ0n) is 9.44. The summed E-state index contributed by atoms with van der Waals surface area (Å²) in [5.74, 6) is 4.84. The Bertz CT molecular complexity index is 310. The molecule has 0 bridgehead atoms. The summed E-state index contributed by atoms with van der Waals surface area (Å²) >= 11 is 5.62. The number of anilines is 1.